The van der Waals surface area contributed by atoms with Crippen LogP contribution in [0, 0.1) is 0 Å². The number of hydrogen-bond donors (Lipinski definition) is 1. The van der Waals surface area contributed by atoms with Gasteiger partial charge >= 0.3 is 0 Å². The van der Waals surface area contributed by atoms with Crippen LogP contribution >= 0.6 is 0 Å². The van der Waals surface area contributed by atoms with Crippen molar-refractivity contribution in [2.45, 2.75) is 6.04 Å². The van der Waals surface area contributed by atoms with Gasteiger partial charge in [0.1, 0.15) is 0 Å². The van der Waals surface area contributed by atoms with Gasteiger partial charge in [-0.15, -0.1) is 0 Å². The normalized spacial score (nSPS) is 19.3. The average Bonchev–Trinajstić information content (AvgIpc) is 2.47. The lowest BCUT2D eigenvalue weighted by atomic mass is 10.1. The minimum Gasteiger partial charge on any atom is -0.493 e. The number of hydrogen-bond acceptors (Lipinski definition) is 5. The third kappa shape index (κ3) is 3.11. The van der Waals surface area contributed by atoms with Crippen LogP contribution in [0.4, 0.5) is 5.69 Å². The Balaban J connectivity index is 2.23. The summed E-state index contributed by atoms with van der Waals surface area (Å²) in [4.78, 5) is 2.35. The molecular formula is C14H22N2O3. The number of nitrogens with zero attached hydrogens (tertiary/aromatic N) is 1. The van der Waals surface area contributed by atoms with Gasteiger partial charge in [-0.25, -0.2) is 0 Å². The van der Waals surface area contributed by atoms with Crippen LogP contribution in [0.2, 0.25) is 0 Å². The maximum atomic E-state index is 5.36. The Labute approximate surface area is 114 Å². The second-order valence-electron chi connectivity index (χ2n) is 4.55. The molecule has 1 unspecified atom stereocenters. The first-order chi connectivity index (χ1) is 9.30. The van der Waals surface area contributed by atoms with Crippen molar-refractivity contribution in [2.75, 3.05) is 52.5 Å². The average molecular weight is 266 g/mol. The van der Waals surface area contributed by atoms with Crippen LogP contribution in [0.3, 0.4) is 0 Å². The predicted molar refractivity (Wildman–Crippen MR) is 75.4 cm³/mol. The predicted octanol–water partition coefficient (Wildman–Crippen LogP) is 1.13. The molecule has 1 aliphatic rings. The van der Waals surface area contributed by atoms with Crippen LogP contribution in [0.5, 0.6) is 11.5 Å². The van der Waals surface area contributed by atoms with Gasteiger partial charge in [-0.2, -0.15) is 0 Å². The molecule has 1 heterocycles. The van der Waals surface area contributed by atoms with Crippen molar-refractivity contribution in [1.29, 1.82) is 0 Å². The summed E-state index contributed by atoms with van der Waals surface area (Å²) >= 11 is 0. The van der Waals surface area contributed by atoms with E-state index in [-0.39, 0.29) is 0 Å². The van der Waals surface area contributed by atoms with Gasteiger partial charge in [-0.1, -0.05) is 0 Å². The van der Waals surface area contributed by atoms with Crippen molar-refractivity contribution in [3.63, 3.8) is 0 Å². The van der Waals surface area contributed by atoms with E-state index in [9.17, 15) is 0 Å². The van der Waals surface area contributed by atoms with Crippen LogP contribution in [0.1, 0.15) is 0 Å². The van der Waals surface area contributed by atoms with Gasteiger partial charge in [0.05, 0.1) is 26.9 Å². The maximum absolute atomic E-state index is 5.36. The molecule has 1 aromatic carbocycles. The highest BCUT2D eigenvalue weighted by Gasteiger charge is 2.23. The Bertz CT molecular complexity index is 410. The second kappa shape index (κ2) is 6.63. The fraction of sp³-hybridized carbons (Fsp3) is 0.571. The molecule has 1 aromatic rings. The zero-order valence-electron chi connectivity index (χ0n) is 11.8. The Morgan fingerprint density at radius 2 is 2.00 bits per heavy atom. The zero-order chi connectivity index (χ0) is 13.7. The first-order valence-corrected chi connectivity index (χ1v) is 6.48. The van der Waals surface area contributed by atoms with Gasteiger partial charge < -0.3 is 24.4 Å². The highest BCUT2D eigenvalue weighted by molar-refractivity contribution is 5.57. The summed E-state index contributed by atoms with van der Waals surface area (Å²) in [6.45, 7) is 3.58. The summed E-state index contributed by atoms with van der Waals surface area (Å²) in [5.41, 5.74) is 1.14. The van der Waals surface area contributed by atoms with Crippen molar-refractivity contribution in [1.82, 2.24) is 5.32 Å². The Morgan fingerprint density at radius 1 is 1.21 bits per heavy atom. The van der Waals surface area contributed by atoms with E-state index in [0.717, 1.165) is 36.8 Å². The Morgan fingerprint density at radius 3 is 2.68 bits per heavy atom. The number of nitrogens with one attached hydrogen (secondary N) is 1. The first-order valence-electron chi connectivity index (χ1n) is 6.48. The topological polar surface area (TPSA) is 43.0 Å². The standard InChI is InChI=1S/C14H22N2O3/c1-17-10-12-9-15-6-7-16(12)11-4-5-13(18-2)14(8-11)19-3/h4-5,8,12,15H,6-7,9-10H2,1-3H3. The summed E-state index contributed by atoms with van der Waals surface area (Å²) in [6, 6.07) is 6.37. The molecule has 0 saturated carbocycles. The molecule has 1 N–H and O–H groups in total. The Hall–Kier alpha value is -1.46. The summed E-state index contributed by atoms with van der Waals surface area (Å²) < 4.78 is 15.9. The van der Waals surface area contributed by atoms with E-state index in [4.69, 9.17) is 14.2 Å². The molecule has 5 nitrogen and oxygen atoms in total. The molecule has 19 heavy (non-hydrogen) atoms. The lowest BCUT2D eigenvalue weighted by Crippen LogP contribution is -2.53. The molecule has 0 spiro atoms. The van der Waals surface area contributed by atoms with Crippen LogP contribution < -0.4 is 19.7 Å². The van der Waals surface area contributed by atoms with E-state index < -0.39 is 0 Å². The largest absolute Gasteiger partial charge is 0.493 e. The van der Waals surface area contributed by atoms with Crippen molar-refractivity contribution >= 4 is 5.69 Å². The highest BCUT2D eigenvalue weighted by atomic mass is 16.5. The minimum atomic E-state index is 0.344. The van der Waals surface area contributed by atoms with E-state index in [2.05, 4.69) is 16.3 Å². The number of methoxy groups -OCH3 is 3. The number of benzene rings is 1. The molecule has 0 aromatic heterocycles. The molecule has 1 aliphatic heterocycles. The second-order valence-corrected chi connectivity index (χ2v) is 4.55. The molecule has 1 fully saturated rings. The van der Waals surface area contributed by atoms with Gasteiger partial charge in [-0.3, -0.25) is 0 Å². The minimum absolute atomic E-state index is 0.344. The first kappa shape index (κ1) is 14.0. The molecule has 2 rings (SSSR count). The molecular weight excluding hydrogens is 244 g/mol. The van der Waals surface area contributed by atoms with Gasteiger partial charge in [0, 0.05) is 38.5 Å². The van der Waals surface area contributed by atoms with Crippen LogP contribution in [-0.4, -0.2) is 53.6 Å². The molecule has 1 saturated heterocycles. The van der Waals surface area contributed by atoms with Crippen LogP contribution in [-0.2, 0) is 4.74 Å². The summed E-state index contributed by atoms with van der Waals surface area (Å²) in [5, 5.41) is 3.39. The monoisotopic (exact) mass is 266 g/mol. The van der Waals surface area contributed by atoms with E-state index in [1.807, 2.05) is 12.1 Å². The molecule has 1 atom stereocenters. The molecule has 0 amide bonds. The van der Waals surface area contributed by atoms with Gasteiger partial charge in [0.15, 0.2) is 11.5 Å². The fourth-order valence-corrected chi connectivity index (χ4v) is 2.45. The maximum Gasteiger partial charge on any atom is 0.162 e. The smallest absolute Gasteiger partial charge is 0.162 e. The van der Waals surface area contributed by atoms with Gasteiger partial charge in [0.25, 0.3) is 0 Å². The highest BCUT2D eigenvalue weighted by Crippen LogP contribution is 2.32. The lowest BCUT2D eigenvalue weighted by Gasteiger charge is -2.37. The van der Waals surface area contributed by atoms with Crippen molar-refractivity contribution < 1.29 is 14.2 Å². The van der Waals surface area contributed by atoms with Crippen molar-refractivity contribution in [3.8, 4) is 11.5 Å². The third-order valence-electron chi connectivity index (χ3n) is 3.41. The summed E-state index contributed by atoms with van der Waals surface area (Å²) in [5.74, 6) is 1.51. The van der Waals surface area contributed by atoms with Crippen molar-refractivity contribution in [3.05, 3.63) is 18.2 Å². The third-order valence-corrected chi connectivity index (χ3v) is 3.41. The fourth-order valence-electron chi connectivity index (χ4n) is 2.45. The lowest BCUT2D eigenvalue weighted by molar-refractivity contribution is 0.170. The van der Waals surface area contributed by atoms with E-state index >= 15 is 0 Å². The number of rotatable bonds is 5. The number of anilines is 1. The van der Waals surface area contributed by atoms with Crippen LogP contribution in [0.25, 0.3) is 0 Å². The number of piperazine rings is 1. The molecule has 0 bridgehead atoms. The quantitative estimate of drug-likeness (QED) is 0.865. The van der Waals surface area contributed by atoms with E-state index in [1.54, 1.807) is 21.3 Å². The molecule has 106 valence electrons. The Kier molecular flexibility index (Phi) is 4.87. The van der Waals surface area contributed by atoms with E-state index in [0.29, 0.717) is 12.6 Å². The zero-order valence-corrected chi connectivity index (χ0v) is 11.8. The summed E-state index contributed by atoms with van der Waals surface area (Å²) in [7, 11) is 5.05. The number of ether oxygens (including phenoxy) is 3. The van der Waals surface area contributed by atoms with Gasteiger partial charge in [0.2, 0.25) is 0 Å². The van der Waals surface area contributed by atoms with Crippen molar-refractivity contribution in [2.24, 2.45) is 0 Å². The van der Waals surface area contributed by atoms with Crippen LogP contribution in [0.15, 0.2) is 18.2 Å². The molecule has 5 heteroatoms. The molecule has 0 radical (unpaired) electrons. The van der Waals surface area contributed by atoms with Gasteiger partial charge in [-0.05, 0) is 12.1 Å². The van der Waals surface area contributed by atoms with E-state index in [1.165, 1.54) is 0 Å². The SMILES string of the molecule is COCC1CNCCN1c1ccc(OC)c(OC)c1. The summed E-state index contributed by atoms with van der Waals surface area (Å²) in [6.07, 6.45) is 0. The molecule has 0 aliphatic carbocycles.